The maximum atomic E-state index is 4.15. The Labute approximate surface area is 87.6 Å². The fraction of sp³-hybridized carbons (Fsp3) is 0.667. The fourth-order valence-corrected chi connectivity index (χ4v) is 1.28. The lowest BCUT2D eigenvalue weighted by molar-refractivity contribution is 0.423. The lowest BCUT2D eigenvalue weighted by atomic mass is 10.1. The van der Waals surface area contributed by atoms with Gasteiger partial charge in [-0.15, -0.1) is 0 Å². The Balaban J connectivity index is 2.60. The summed E-state index contributed by atoms with van der Waals surface area (Å²) < 4.78 is 2.86. The molecule has 1 rings (SSSR count). The van der Waals surface area contributed by atoms with Crippen molar-refractivity contribution in [2.24, 2.45) is 7.05 Å². The second kappa shape index (κ2) is 3.80. The molecular weight excluding hydrogens is 230 g/mol. The summed E-state index contributed by atoms with van der Waals surface area (Å²) in [6.07, 6.45) is 1.88. The summed E-state index contributed by atoms with van der Waals surface area (Å²) in [6, 6.07) is 0. The molecule has 0 aliphatic rings. The van der Waals surface area contributed by atoms with Crippen LogP contribution in [-0.4, -0.2) is 15.3 Å². The molecule has 0 unspecified atom stereocenters. The minimum Gasteiger partial charge on any atom is -0.308 e. The molecule has 1 aromatic rings. The van der Waals surface area contributed by atoms with Gasteiger partial charge in [-0.25, -0.2) is 0 Å². The Kier molecular flexibility index (Phi) is 3.14. The van der Waals surface area contributed by atoms with Gasteiger partial charge in [0.05, 0.1) is 6.20 Å². The van der Waals surface area contributed by atoms with E-state index in [1.165, 1.54) is 5.56 Å². The molecule has 0 aliphatic heterocycles. The van der Waals surface area contributed by atoms with Crippen LogP contribution in [-0.2, 0) is 13.6 Å². The van der Waals surface area contributed by atoms with Gasteiger partial charge in [-0.2, -0.15) is 5.10 Å². The van der Waals surface area contributed by atoms with Gasteiger partial charge in [0.25, 0.3) is 0 Å². The van der Waals surface area contributed by atoms with Gasteiger partial charge < -0.3 is 5.32 Å². The highest BCUT2D eigenvalue weighted by molar-refractivity contribution is 9.10. The molecule has 1 N–H and O–H groups in total. The largest absolute Gasteiger partial charge is 0.308 e. The van der Waals surface area contributed by atoms with Crippen LogP contribution in [0.15, 0.2) is 10.8 Å². The molecule has 0 aliphatic carbocycles. The summed E-state index contributed by atoms with van der Waals surface area (Å²) >= 11 is 3.48. The molecule has 0 fully saturated rings. The predicted octanol–water partition coefficient (Wildman–Crippen LogP) is 2.07. The number of aryl methyl sites for hydroxylation is 1. The lowest BCUT2D eigenvalue weighted by Gasteiger charge is -2.20. The quantitative estimate of drug-likeness (QED) is 0.865. The van der Waals surface area contributed by atoms with Crippen molar-refractivity contribution in [3.63, 3.8) is 0 Å². The summed E-state index contributed by atoms with van der Waals surface area (Å²) in [5.41, 5.74) is 1.34. The molecule has 0 amide bonds. The molecule has 0 aromatic carbocycles. The molecule has 0 atom stereocenters. The standard InChI is InChI=1S/C9H16BrN3/c1-9(2,3)11-5-7-6-12-13(4)8(7)10/h6,11H,5H2,1-4H3. The number of aromatic nitrogens is 2. The van der Waals surface area contributed by atoms with Gasteiger partial charge in [-0.05, 0) is 36.7 Å². The Morgan fingerprint density at radius 3 is 2.54 bits per heavy atom. The van der Waals surface area contributed by atoms with E-state index in [9.17, 15) is 0 Å². The van der Waals surface area contributed by atoms with Crippen molar-refractivity contribution < 1.29 is 0 Å². The zero-order chi connectivity index (χ0) is 10.1. The van der Waals surface area contributed by atoms with Crippen LogP contribution in [0.1, 0.15) is 26.3 Å². The highest BCUT2D eigenvalue weighted by atomic mass is 79.9. The maximum Gasteiger partial charge on any atom is 0.108 e. The highest BCUT2D eigenvalue weighted by Gasteiger charge is 2.11. The molecule has 3 nitrogen and oxygen atoms in total. The predicted molar refractivity (Wildman–Crippen MR) is 57.5 cm³/mol. The van der Waals surface area contributed by atoms with Crippen molar-refractivity contribution in [1.82, 2.24) is 15.1 Å². The van der Waals surface area contributed by atoms with Crippen LogP contribution >= 0.6 is 15.9 Å². The van der Waals surface area contributed by atoms with Gasteiger partial charge >= 0.3 is 0 Å². The number of nitrogens with zero attached hydrogens (tertiary/aromatic N) is 2. The second-order valence-electron chi connectivity index (χ2n) is 4.19. The van der Waals surface area contributed by atoms with Crippen molar-refractivity contribution in [1.29, 1.82) is 0 Å². The first-order valence-corrected chi connectivity index (χ1v) is 5.11. The van der Waals surface area contributed by atoms with Crippen molar-refractivity contribution in [2.75, 3.05) is 0 Å². The van der Waals surface area contributed by atoms with Crippen LogP contribution in [0, 0.1) is 0 Å². The van der Waals surface area contributed by atoms with Crippen LogP contribution in [0.3, 0.4) is 0 Å². The maximum absolute atomic E-state index is 4.15. The number of halogens is 1. The number of hydrogen-bond acceptors (Lipinski definition) is 2. The average Bonchev–Trinajstić information content (AvgIpc) is 2.29. The molecule has 0 radical (unpaired) electrons. The van der Waals surface area contributed by atoms with Gasteiger partial charge in [0.1, 0.15) is 4.60 Å². The zero-order valence-corrected chi connectivity index (χ0v) is 10.1. The highest BCUT2D eigenvalue weighted by Crippen LogP contribution is 2.15. The molecule has 13 heavy (non-hydrogen) atoms. The topological polar surface area (TPSA) is 29.9 Å². The molecule has 74 valence electrons. The van der Waals surface area contributed by atoms with Gasteiger partial charge in [0, 0.05) is 24.7 Å². The molecule has 1 aromatic heterocycles. The second-order valence-corrected chi connectivity index (χ2v) is 4.94. The lowest BCUT2D eigenvalue weighted by Crippen LogP contribution is -2.35. The molecular formula is C9H16BrN3. The van der Waals surface area contributed by atoms with E-state index in [4.69, 9.17) is 0 Å². The van der Waals surface area contributed by atoms with Gasteiger partial charge in [0.2, 0.25) is 0 Å². The van der Waals surface area contributed by atoms with Crippen molar-refractivity contribution >= 4 is 15.9 Å². The van der Waals surface area contributed by atoms with E-state index in [1.54, 1.807) is 0 Å². The van der Waals surface area contributed by atoms with Gasteiger partial charge in [-0.1, -0.05) is 0 Å². The van der Waals surface area contributed by atoms with Crippen LogP contribution in [0.25, 0.3) is 0 Å². The third-order valence-electron chi connectivity index (χ3n) is 1.75. The monoisotopic (exact) mass is 245 g/mol. The Hall–Kier alpha value is -0.350. The van der Waals surface area contributed by atoms with E-state index in [0.29, 0.717) is 0 Å². The average molecular weight is 246 g/mol. The molecule has 4 heteroatoms. The first kappa shape index (κ1) is 10.7. The summed E-state index contributed by atoms with van der Waals surface area (Å²) in [5, 5.41) is 7.56. The first-order chi connectivity index (χ1) is 5.90. The van der Waals surface area contributed by atoms with Crippen molar-refractivity contribution in [3.05, 3.63) is 16.4 Å². The number of rotatable bonds is 2. The summed E-state index contributed by atoms with van der Waals surface area (Å²) in [5.74, 6) is 0. The molecule has 0 bridgehead atoms. The Bertz CT molecular complexity index is 286. The summed E-state index contributed by atoms with van der Waals surface area (Å²) in [7, 11) is 1.92. The summed E-state index contributed by atoms with van der Waals surface area (Å²) in [4.78, 5) is 0. The van der Waals surface area contributed by atoms with E-state index in [2.05, 4.69) is 47.1 Å². The Morgan fingerprint density at radius 1 is 1.54 bits per heavy atom. The van der Waals surface area contributed by atoms with Crippen LogP contribution < -0.4 is 5.32 Å². The van der Waals surface area contributed by atoms with E-state index >= 15 is 0 Å². The molecule has 1 heterocycles. The molecule has 0 spiro atoms. The minimum atomic E-state index is 0.148. The van der Waals surface area contributed by atoms with Crippen molar-refractivity contribution in [2.45, 2.75) is 32.9 Å². The van der Waals surface area contributed by atoms with E-state index in [1.807, 2.05) is 17.9 Å². The van der Waals surface area contributed by atoms with Crippen molar-refractivity contribution in [3.8, 4) is 0 Å². The van der Waals surface area contributed by atoms with E-state index < -0.39 is 0 Å². The normalized spacial score (nSPS) is 12.1. The van der Waals surface area contributed by atoms with E-state index in [-0.39, 0.29) is 5.54 Å². The molecule has 0 saturated heterocycles. The van der Waals surface area contributed by atoms with Crippen LogP contribution in [0.2, 0.25) is 0 Å². The minimum absolute atomic E-state index is 0.148. The number of hydrogen-bond donors (Lipinski definition) is 1. The van der Waals surface area contributed by atoms with Gasteiger partial charge in [0.15, 0.2) is 0 Å². The number of nitrogens with one attached hydrogen (secondary N) is 1. The summed E-state index contributed by atoms with van der Waals surface area (Å²) in [6.45, 7) is 7.30. The zero-order valence-electron chi connectivity index (χ0n) is 8.56. The third kappa shape index (κ3) is 3.12. The molecule has 0 saturated carbocycles. The fourth-order valence-electron chi connectivity index (χ4n) is 0.947. The Morgan fingerprint density at radius 2 is 2.15 bits per heavy atom. The smallest absolute Gasteiger partial charge is 0.108 e. The third-order valence-corrected chi connectivity index (χ3v) is 2.77. The first-order valence-electron chi connectivity index (χ1n) is 4.31. The SMILES string of the molecule is Cn1ncc(CNC(C)(C)C)c1Br. The van der Waals surface area contributed by atoms with Crippen LogP contribution in [0.5, 0.6) is 0 Å². The van der Waals surface area contributed by atoms with E-state index in [0.717, 1.165) is 11.1 Å². The van der Waals surface area contributed by atoms with Crippen LogP contribution in [0.4, 0.5) is 0 Å². The van der Waals surface area contributed by atoms with Gasteiger partial charge in [-0.3, -0.25) is 4.68 Å².